The van der Waals surface area contributed by atoms with Gasteiger partial charge in [-0.25, -0.2) is 0 Å². The van der Waals surface area contributed by atoms with Crippen molar-refractivity contribution in [3.63, 3.8) is 0 Å². The highest BCUT2D eigenvalue weighted by Gasteiger charge is 2.23. The van der Waals surface area contributed by atoms with Crippen molar-refractivity contribution >= 4 is 0 Å². The van der Waals surface area contributed by atoms with Crippen molar-refractivity contribution < 1.29 is 5.11 Å². The zero-order valence-corrected chi connectivity index (χ0v) is 9.14. The van der Waals surface area contributed by atoms with E-state index in [2.05, 4.69) is 26.8 Å². The maximum absolute atomic E-state index is 9.94. The van der Waals surface area contributed by atoms with Gasteiger partial charge in [-0.1, -0.05) is 39.7 Å². The Morgan fingerprint density at radius 3 is 2.54 bits per heavy atom. The van der Waals surface area contributed by atoms with E-state index in [4.69, 9.17) is 0 Å². The molecule has 13 heavy (non-hydrogen) atoms. The van der Waals surface area contributed by atoms with Gasteiger partial charge in [-0.2, -0.15) is 0 Å². The zero-order chi connectivity index (χ0) is 9.90. The van der Waals surface area contributed by atoms with Crippen molar-refractivity contribution in [3.05, 3.63) is 11.6 Å². The summed E-state index contributed by atoms with van der Waals surface area (Å²) in [6, 6.07) is 0. The summed E-state index contributed by atoms with van der Waals surface area (Å²) >= 11 is 0. The summed E-state index contributed by atoms with van der Waals surface area (Å²) in [5.74, 6) is 0. The molecule has 1 rings (SSSR count). The summed E-state index contributed by atoms with van der Waals surface area (Å²) in [6.45, 7) is 6.55. The lowest BCUT2D eigenvalue weighted by molar-refractivity contribution is 0.169. The van der Waals surface area contributed by atoms with Crippen molar-refractivity contribution in [2.24, 2.45) is 5.41 Å². The molecule has 0 aromatic heterocycles. The van der Waals surface area contributed by atoms with Crippen molar-refractivity contribution in [2.45, 2.75) is 59.0 Å². The highest BCUT2D eigenvalue weighted by atomic mass is 16.3. The van der Waals surface area contributed by atoms with E-state index in [0.717, 1.165) is 12.8 Å². The quantitative estimate of drug-likeness (QED) is 0.570. The van der Waals surface area contributed by atoms with Gasteiger partial charge in [0.2, 0.25) is 0 Å². The van der Waals surface area contributed by atoms with Crippen LogP contribution in [0.4, 0.5) is 0 Å². The molecule has 0 aliphatic heterocycles. The fraction of sp³-hybridized carbons (Fsp3) is 0.833. The zero-order valence-electron chi connectivity index (χ0n) is 9.14. The van der Waals surface area contributed by atoms with Gasteiger partial charge in [0.15, 0.2) is 0 Å². The molecular weight excluding hydrogens is 160 g/mol. The minimum atomic E-state index is -0.194. The molecule has 0 amide bonds. The maximum atomic E-state index is 9.94. The molecule has 1 unspecified atom stereocenters. The third-order valence-corrected chi connectivity index (χ3v) is 2.77. The first kappa shape index (κ1) is 10.8. The molecule has 0 saturated carbocycles. The van der Waals surface area contributed by atoms with Crippen molar-refractivity contribution in [1.82, 2.24) is 0 Å². The summed E-state index contributed by atoms with van der Waals surface area (Å²) in [6.07, 6.45) is 7.88. The number of rotatable bonds is 0. The second-order valence-corrected chi connectivity index (χ2v) is 5.06. The van der Waals surface area contributed by atoms with E-state index in [1.165, 1.54) is 24.8 Å². The second kappa shape index (κ2) is 4.28. The van der Waals surface area contributed by atoms with E-state index >= 15 is 0 Å². The van der Waals surface area contributed by atoms with Crippen LogP contribution in [-0.4, -0.2) is 11.2 Å². The highest BCUT2D eigenvalue weighted by Crippen LogP contribution is 2.32. The van der Waals surface area contributed by atoms with Crippen LogP contribution in [0.15, 0.2) is 11.6 Å². The number of hydrogen-bond acceptors (Lipinski definition) is 1. The molecule has 1 aliphatic rings. The SMILES string of the molecule is CC(C)(C)/C1=C/CCCCCC1O. The third kappa shape index (κ3) is 3.15. The van der Waals surface area contributed by atoms with Crippen LogP contribution in [0.2, 0.25) is 0 Å². The summed E-state index contributed by atoms with van der Waals surface area (Å²) in [5, 5.41) is 9.94. The molecule has 0 heterocycles. The molecule has 0 aromatic carbocycles. The van der Waals surface area contributed by atoms with Gasteiger partial charge in [0.1, 0.15) is 0 Å². The van der Waals surface area contributed by atoms with Crippen LogP contribution < -0.4 is 0 Å². The van der Waals surface area contributed by atoms with Crippen LogP contribution in [0.3, 0.4) is 0 Å². The van der Waals surface area contributed by atoms with Crippen LogP contribution >= 0.6 is 0 Å². The third-order valence-electron chi connectivity index (χ3n) is 2.77. The molecule has 0 aromatic rings. The van der Waals surface area contributed by atoms with Crippen molar-refractivity contribution in [3.8, 4) is 0 Å². The average molecular weight is 182 g/mol. The lowest BCUT2D eigenvalue weighted by atomic mass is 9.80. The smallest absolute Gasteiger partial charge is 0.0755 e. The number of aliphatic hydroxyl groups is 1. The fourth-order valence-corrected chi connectivity index (χ4v) is 2.01. The standard InChI is InChI=1S/C12H22O/c1-12(2,3)10-8-6-4-5-7-9-11(10)13/h8,11,13H,4-7,9H2,1-3H3/b10-8+. The summed E-state index contributed by atoms with van der Waals surface area (Å²) in [5.41, 5.74) is 1.38. The van der Waals surface area contributed by atoms with Gasteiger partial charge < -0.3 is 5.11 Å². The number of allylic oxidation sites excluding steroid dienone is 1. The van der Waals surface area contributed by atoms with Crippen LogP contribution in [0.1, 0.15) is 52.9 Å². The van der Waals surface area contributed by atoms with Gasteiger partial charge in [0.05, 0.1) is 6.10 Å². The molecule has 0 bridgehead atoms. The van der Waals surface area contributed by atoms with Gasteiger partial charge in [-0.15, -0.1) is 0 Å². The van der Waals surface area contributed by atoms with Crippen LogP contribution in [0.25, 0.3) is 0 Å². The Kier molecular flexibility index (Phi) is 3.55. The Hall–Kier alpha value is -0.300. The molecular formula is C12H22O. The van der Waals surface area contributed by atoms with E-state index in [9.17, 15) is 5.11 Å². The Bertz CT molecular complexity index is 186. The molecule has 1 N–H and O–H groups in total. The topological polar surface area (TPSA) is 20.2 Å². The number of aliphatic hydroxyl groups excluding tert-OH is 1. The monoisotopic (exact) mass is 182 g/mol. The van der Waals surface area contributed by atoms with E-state index in [1.807, 2.05) is 0 Å². The van der Waals surface area contributed by atoms with E-state index in [0.29, 0.717) is 0 Å². The van der Waals surface area contributed by atoms with Gasteiger partial charge in [0, 0.05) is 0 Å². The van der Waals surface area contributed by atoms with Crippen LogP contribution in [0.5, 0.6) is 0 Å². The normalized spacial score (nSPS) is 30.2. The Morgan fingerprint density at radius 2 is 1.92 bits per heavy atom. The molecule has 1 heteroatoms. The predicted octanol–water partition coefficient (Wildman–Crippen LogP) is 3.28. The van der Waals surface area contributed by atoms with E-state index < -0.39 is 0 Å². The number of hydrogen-bond donors (Lipinski definition) is 1. The lowest BCUT2D eigenvalue weighted by Crippen LogP contribution is -2.23. The second-order valence-electron chi connectivity index (χ2n) is 5.06. The highest BCUT2D eigenvalue weighted by molar-refractivity contribution is 5.16. The van der Waals surface area contributed by atoms with Gasteiger partial charge in [-0.05, 0) is 30.3 Å². The van der Waals surface area contributed by atoms with Gasteiger partial charge >= 0.3 is 0 Å². The fourth-order valence-electron chi connectivity index (χ4n) is 2.01. The first-order valence-corrected chi connectivity index (χ1v) is 5.40. The molecule has 0 fully saturated rings. The van der Waals surface area contributed by atoms with Crippen LogP contribution in [0, 0.1) is 5.41 Å². The van der Waals surface area contributed by atoms with Gasteiger partial charge in [-0.3, -0.25) is 0 Å². The predicted molar refractivity (Wildman–Crippen MR) is 56.6 cm³/mol. The Labute approximate surface area is 81.9 Å². The lowest BCUT2D eigenvalue weighted by Gasteiger charge is -2.29. The molecule has 1 nitrogen and oxygen atoms in total. The molecule has 0 saturated heterocycles. The van der Waals surface area contributed by atoms with Gasteiger partial charge in [0.25, 0.3) is 0 Å². The Morgan fingerprint density at radius 1 is 1.23 bits per heavy atom. The molecule has 0 spiro atoms. The van der Waals surface area contributed by atoms with E-state index in [1.54, 1.807) is 0 Å². The van der Waals surface area contributed by atoms with Crippen LogP contribution in [-0.2, 0) is 0 Å². The molecule has 1 aliphatic carbocycles. The average Bonchev–Trinajstić information content (AvgIpc) is 1.94. The molecule has 76 valence electrons. The summed E-state index contributed by atoms with van der Waals surface area (Å²) < 4.78 is 0. The van der Waals surface area contributed by atoms with Crippen molar-refractivity contribution in [2.75, 3.05) is 0 Å². The summed E-state index contributed by atoms with van der Waals surface area (Å²) in [4.78, 5) is 0. The van der Waals surface area contributed by atoms with Crippen molar-refractivity contribution in [1.29, 1.82) is 0 Å². The minimum absolute atomic E-state index is 0.136. The largest absolute Gasteiger partial charge is 0.389 e. The first-order valence-electron chi connectivity index (χ1n) is 5.40. The van der Waals surface area contributed by atoms with E-state index in [-0.39, 0.29) is 11.5 Å². The summed E-state index contributed by atoms with van der Waals surface area (Å²) in [7, 11) is 0. The first-order chi connectivity index (χ1) is 6.02. The Balaban J connectivity index is 2.76. The maximum Gasteiger partial charge on any atom is 0.0755 e. The minimum Gasteiger partial charge on any atom is -0.389 e. The molecule has 1 atom stereocenters. The molecule has 0 radical (unpaired) electrons.